The molecule has 6 heteroatoms. The van der Waals surface area contributed by atoms with Crippen molar-refractivity contribution in [1.29, 1.82) is 0 Å². The van der Waals surface area contributed by atoms with Gasteiger partial charge in [-0.2, -0.15) is 0 Å². The first-order chi connectivity index (χ1) is 6.57. The summed E-state index contributed by atoms with van der Waals surface area (Å²) in [6.45, 7) is 3.91. The van der Waals surface area contributed by atoms with E-state index in [-0.39, 0.29) is 0 Å². The Balaban J connectivity index is 2.94. The average molecular weight is 222 g/mol. The number of ether oxygens (including phenoxy) is 1. The van der Waals surface area contributed by atoms with Crippen LogP contribution in [-0.4, -0.2) is 61.3 Å². The van der Waals surface area contributed by atoms with Crippen molar-refractivity contribution in [3.05, 3.63) is 0 Å². The van der Waals surface area contributed by atoms with E-state index in [1.165, 1.54) is 13.8 Å². The SMILES string of the molecule is CC(C)(O)[C@H]1O[C@@](C)(O)[C@H](O)[C@@H](O)[C@H]1O. The van der Waals surface area contributed by atoms with Crippen LogP contribution in [0.2, 0.25) is 0 Å². The minimum Gasteiger partial charge on any atom is -0.388 e. The van der Waals surface area contributed by atoms with Crippen molar-refractivity contribution >= 4 is 0 Å². The van der Waals surface area contributed by atoms with Crippen LogP contribution in [0.4, 0.5) is 0 Å². The average Bonchev–Trinajstić information content (AvgIpc) is 2.07. The number of aliphatic hydroxyl groups is 5. The number of hydrogen-bond acceptors (Lipinski definition) is 6. The molecule has 0 bridgehead atoms. The molecule has 5 N–H and O–H groups in total. The van der Waals surface area contributed by atoms with Gasteiger partial charge in [0, 0.05) is 0 Å². The molecule has 5 atom stereocenters. The predicted molar refractivity (Wildman–Crippen MR) is 49.8 cm³/mol. The van der Waals surface area contributed by atoms with Gasteiger partial charge in [-0.05, 0) is 20.8 Å². The normalized spacial score (nSPS) is 48.0. The molecule has 1 aliphatic rings. The Morgan fingerprint density at radius 3 is 2.00 bits per heavy atom. The monoisotopic (exact) mass is 222 g/mol. The molecule has 1 heterocycles. The van der Waals surface area contributed by atoms with Gasteiger partial charge in [-0.25, -0.2) is 0 Å². The van der Waals surface area contributed by atoms with Gasteiger partial charge in [0.2, 0.25) is 0 Å². The lowest BCUT2D eigenvalue weighted by atomic mass is 9.86. The topological polar surface area (TPSA) is 110 Å². The van der Waals surface area contributed by atoms with Crippen molar-refractivity contribution < 1.29 is 30.3 Å². The molecule has 0 aliphatic carbocycles. The van der Waals surface area contributed by atoms with Crippen LogP contribution in [0.25, 0.3) is 0 Å². The molecule has 90 valence electrons. The van der Waals surface area contributed by atoms with Gasteiger partial charge in [0.25, 0.3) is 0 Å². The summed E-state index contributed by atoms with van der Waals surface area (Å²) in [6.07, 6.45) is -5.82. The predicted octanol–water partition coefficient (Wildman–Crippen LogP) is -2.05. The molecular formula is C9H18O6. The first kappa shape index (κ1) is 12.8. The summed E-state index contributed by atoms with van der Waals surface area (Å²) in [5, 5.41) is 47.7. The van der Waals surface area contributed by atoms with E-state index in [1.54, 1.807) is 0 Å². The molecule has 0 radical (unpaired) electrons. The lowest BCUT2D eigenvalue weighted by molar-refractivity contribution is -0.357. The van der Waals surface area contributed by atoms with Gasteiger partial charge >= 0.3 is 0 Å². The summed E-state index contributed by atoms with van der Waals surface area (Å²) in [4.78, 5) is 0. The molecule has 0 saturated carbocycles. The van der Waals surface area contributed by atoms with Gasteiger partial charge in [-0.1, -0.05) is 0 Å². The highest BCUT2D eigenvalue weighted by Crippen LogP contribution is 2.32. The second-order valence-corrected chi connectivity index (χ2v) is 4.67. The fourth-order valence-electron chi connectivity index (χ4n) is 1.64. The molecule has 1 rings (SSSR count). The summed E-state index contributed by atoms with van der Waals surface area (Å²) in [5.74, 6) is -2.00. The number of rotatable bonds is 1. The fraction of sp³-hybridized carbons (Fsp3) is 1.00. The summed E-state index contributed by atoms with van der Waals surface area (Å²) < 4.78 is 4.98. The van der Waals surface area contributed by atoms with E-state index < -0.39 is 35.8 Å². The molecule has 6 nitrogen and oxygen atoms in total. The first-order valence-corrected chi connectivity index (χ1v) is 4.74. The second kappa shape index (κ2) is 3.65. The van der Waals surface area contributed by atoms with Crippen LogP contribution in [0.5, 0.6) is 0 Å². The Kier molecular flexibility index (Phi) is 3.13. The quantitative estimate of drug-likeness (QED) is 0.349. The summed E-state index contributed by atoms with van der Waals surface area (Å²) >= 11 is 0. The molecule has 0 aromatic heterocycles. The van der Waals surface area contributed by atoms with E-state index in [0.717, 1.165) is 6.92 Å². The van der Waals surface area contributed by atoms with Crippen molar-refractivity contribution in [2.24, 2.45) is 0 Å². The molecule has 1 saturated heterocycles. The molecule has 0 unspecified atom stereocenters. The first-order valence-electron chi connectivity index (χ1n) is 4.74. The van der Waals surface area contributed by atoms with Gasteiger partial charge in [-0.15, -0.1) is 0 Å². The summed E-state index contributed by atoms with van der Waals surface area (Å²) in [7, 11) is 0. The largest absolute Gasteiger partial charge is 0.388 e. The van der Waals surface area contributed by atoms with E-state index in [0.29, 0.717) is 0 Å². The van der Waals surface area contributed by atoms with Gasteiger partial charge in [-0.3, -0.25) is 0 Å². The third-order valence-electron chi connectivity index (χ3n) is 2.59. The van der Waals surface area contributed by atoms with Crippen molar-refractivity contribution in [3.63, 3.8) is 0 Å². The molecule has 1 fully saturated rings. The Morgan fingerprint density at radius 1 is 1.13 bits per heavy atom. The van der Waals surface area contributed by atoms with E-state index in [1.807, 2.05) is 0 Å². The minimum absolute atomic E-state index is 1.16. The molecule has 1 aliphatic heterocycles. The molecule has 0 spiro atoms. The van der Waals surface area contributed by atoms with Crippen molar-refractivity contribution in [2.45, 2.75) is 56.6 Å². The Bertz CT molecular complexity index is 233. The zero-order chi connectivity index (χ0) is 12.0. The zero-order valence-corrected chi connectivity index (χ0v) is 8.95. The van der Waals surface area contributed by atoms with Gasteiger partial charge in [0.1, 0.15) is 24.4 Å². The fourth-order valence-corrected chi connectivity index (χ4v) is 1.64. The van der Waals surface area contributed by atoms with E-state index in [2.05, 4.69) is 0 Å². The Morgan fingerprint density at radius 2 is 1.60 bits per heavy atom. The Labute approximate surface area is 87.7 Å². The van der Waals surface area contributed by atoms with Crippen LogP contribution >= 0.6 is 0 Å². The number of hydrogen-bond donors (Lipinski definition) is 5. The molecule has 0 amide bonds. The molecule has 15 heavy (non-hydrogen) atoms. The van der Waals surface area contributed by atoms with Crippen molar-refractivity contribution in [1.82, 2.24) is 0 Å². The maximum absolute atomic E-state index is 9.66. The van der Waals surface area contributed by atoms with Gasteiger partial charge in [0.05, 0.1) is 5.60 Å². The van der Waals surface area contributed by atoms with E-state index in [9.17, 15) is 25.5 Å². The van der Waals surface area contributed by atoms with Crippen LogP contribution in [0.3, 0.4) is 0 Å². The van der Waals surface area contributed by atoms with Crippen LogP contribution < -0.4 is 0 Å². The minimum atomic E-state index is -2.00. The maximum Gasteiger partial charge on any atom is 0.192 e. The lowest BCUT2D eigenvalue weighted by Gasteiger charge is -2.47. The summed E-state index contributed by atoms with van der Waals surface area (Å²) in [6, 6.07) is 0. The lowest BCUT2D eigenvalue weighted by Crippen LogP contribution is -2.67. The summed E-state index contributed by atoms with van der Waals surface area (Å²) in [5.41, 5.74) is -1.44. The number of aliphatic hydroxyl groups excluding tert-OH is 3. The second-order valence-electron chi connectivity index (χ2n) is 4.67. The highest BCUT2D eigenvalue weighted by atomic mass is 16.7. The van der Waals surface area contributed by atoms with Crippen LogP contribution in [0, 0.1) is 0 Å². The highest BCUT2D eigenvalue weighted by Gasteiger charge is 2.53. The van der Waals surface area contributed by atoms with Crippen LogP contribution in [0.15, 0.2) is 0 Å². The van der Waals surface area contributed by atoms with E-state index >= 15 is 0 Å². The zero-order valence-electron chi connectivity index (χ0n) is 8.95. The Hall–Kier alpha value is -0.240. The van der Waals surface area contributed by atoms with Crippen molar-refractivity contribution in [2.75, 3.05) is 0 Å². The van der Waals surface area contributed by atoms with Crippen molar-refractivity contribution in [3.8, 4) is 0 Å². The third kappa shape index (κ3) is 2.30. The molecular weight excluding hydrogens is 204 g/mol. The van der Waals surface area contributed by atoms with E-state index in [4.69, 9.17) is 4.74 Å². The van der Waals surface area contributed by atoms with Gasteiger partial charge in [0.15, 0.2) is 5.79 Å². The molecule has 0 aromatic rings. The van der Waals surface area contributed by atoms with Crippen LogP contribution in [-0.2, 0) is 4.74 Å². The maximum atomic E-state index is 9.66. The van der Waals surface area contributed by atoms with Crippen LogP contribution in [0.1, 0.15) is 20.8 Å². The standard InChI is InChI=1S/C9H18O6/c1-8(2,13)7-5(11)4(10)6(12)9(3,14)15-7/h4-7,10-14H,1-3H3/t4-,5+,6+,7-,9+/m0/s1. The van der Waals surface area contributed by atoms with Gasteiger partial charge < -0.3 is 30.3 Å². The third-order valence-corrected chi connectivity index (χ3v) is 2.59. The highest BCUT2D eigenvalue weighted by molar-refractivity contribution is 4.99. The molecule has 0 aromatic carbocycles. The smallest absolute Gasteiger partial charge is 0.192 e.